The first-order valence-electron chi connectivity index (χ1n) is 7.31. The van der Waals surface area contributed by atoms with Gasteiger partial charge in [0.15, 0.2) is 0 Å². The fourth-order valence-electron chi connectivity index (χ4n) is 2.78. The Bertz CT molecular complexity index is 636. The molecule has 108 valence electrons. The zero-order valence-electron chi connectivity index (χ0n) is 12.7. The first-order chi connectivity index (χ1) is 10.1. The standard InChI is InChI=1S/C18H21N3/c1-14-19-18(2,16-12-8-5-9-13-16)20-17(21(14)3)15-10-6-4-7-11-15/h4-14,19H,1-3H3. The summed E-state index contributed by atoms with van der Waals surface area (Å²) >= 11 is 0. The molecule has 0 aromatic heterocycles. The molecular formula is C18H21N3. The van der Waals surface area contributed by atoms with Gasteiger partial charge >= 0.3 is 0 Å². The molecule has 1 aliphatic heterocycles. The Hall–Kier alpha value is -2.13. The molecule has 3 nitrogen and oxygen atoms in total. The number of hydrogen-bond donors (Lipinski definition) is 1. The second kappa shape index (κ2) is 5.34. The summed E-state index contributed by atoms with van der Waals surface area (Å²) in [7, 11) is 2.08. The highest BCUT2D eigenvalue weighted by Crippen LogP contribution is 2.28. The van der Waals surface area contributed by atoms with E-state index in [-0.39, 0.29) is 6.17 Å². The largest absolute Gasteiger partial charge is 0.344 e. The number of benzene rings is 2. The highest BCUT2D eigenvalue weighted by Gasteiger charge is 2.34. The lowest BCUT2D eigenvalue weighted by Crippen LogP contribution is -2.57. The third-order valence-corrected chi connectivity index (χ3v) is 4.10. The van der Waals surface area contributed by atoms with Gasteiger partial charge in [-0.05, 0) is 19.4 Å². The summed E-state index contributed by atoms with van der Waals surface area (Å²) in [5.74, 6) is 1.02. The molecule has 2 unspecified atom stereocenters. The SMILES string of the molecule is CC1NC(C)(c2ccccc2)N=C(c2ccccc2)N1C. The number of rotatable bonds is 2. The Morgan fingerprint density at radius 2 is 1.57 bits per heavy atom. The van der Waals surface area contributed by atoms with Crippen LogP contribution in [0.25, 0.3) is 0 Å². The number of hydrogen-bond acceptors (Lipinski definition) is 3. The highest BCUT2D eigenvalue weighted by atomic mass is 15.4. The van der Waals surface area contributed by atoms with Gasteiger partial charge in [-0.2, -0.15) is 0 Å². The lowest BCUT2D eigenvalue weighted by molar-refractivity contribution is 0.210. The maximum absolute atomic E-state index is 5.02. The van der Waals surface area contributed by atoms with Crippen molar-refractivity contribution in [1.82, 2.24) is 10.2 Å². The molecule has 3 rings (SSSR count). The van der Waals surface area contributed by atoms with Gasteiger partial charge in [0.1, 0.15) is 11.5 Å². The molecule has 1 heterocycles. The molecule has 1 aliphatic rings. The molecule has 0 amide bonds. The van der Waals surface area contributed by atoms with Crippen molar-refractivity contribution in [3.8, 4) is 0 Å². The lowest BCUT2D eigenvalue weighted by Gasteiger charge is -2.42. The number of nitrogens with zero attached hydrogens (tertiary/aromatic N) is 2. The second-order valence-electron chi connectivity index (χ2n) is 5.67. The van der Waals surface area contributed by atoms with Crippen LogP contribution in [0.5, 0.6) is 0 Å². The van der Waals surface area contributed by atoms with E-state index in [1.54, 1.807) is 0 Å². The average molecular weight is 279 g/mol. The average Bonchev–Trinajstić information content (AvgIpc) is 2.53. The summed E-state index contributed by atoms with van der Waals surface area (Å²) in [4.78, 5) is 7.20. The number of amidine groups is 1. The number of aliphatic imine (C=N–C) groups is 1. The van der Waals surface area contributed by atoms with Crippen molar-refractivity contribution in [2.24, 2.45) is 4.99 Å². The van der Waals surface area contributed by atoms with E-state index < -0.39 is 5.66 Å². The Balaban J connectivity index is 2.09. The van der Waals surface area contributed by atoms with Crippen LogP contribution in [0.3, 0.4) is 0 Å². The molecule has 1 N–H and O–H groups in total. The third kappa shape index (κ3) is 2.57. The van der Waals surface area contributed by atoms with Crippen LogP contribution in [0, 0.1) is 0 Å². The lowest BCUT2D eigenvalue weighted by atomic mass is 9.99. The van der Waals surface area contributed by atoms with Gasteiger partial charge < -0.3 is 4.90 Å². The molecule has 0 saturated carbocycles. The Morgan fingerprint density at radius 3 is 2.19 bits per heavy atom. The molecule has 2 atom stereocenters. The van der Waals surface area contributed by atoms with E-state index in [1.807, 2.05) is 12.1 Å². The minimum absolute atomic E-state index is 0.211. The van der Waals surface area contributed by atoms with Crippen molar-refractivity contribution in [1.29, 1.82) is 0 Å². The highest BCUT2D eigenvalue weighted by molar-refractivity contribution is 5.99. The van der Waals surface area contributed by atoms with Gasteiger partial charge in [-0.3, -0.25) is 5.32 Å². The molecule has 0 aliphatic carbocycles. The van der Waals surface area contributed by atoms with Gasteiger partial charge in [-0.25, -0.2) is 4.99 Å². The van der Waals surface area contributed by atoms with E-state index in [0.29, 0.717) is 0 Å². The van der Waals surface area contributed by atoms with Gasteiger partial charge in [0.05, 0.1) is 6.17 Å². The molecule has 3 heteroatoms. The molecule has 0 saturated heterocycles. The van der Waals surface area contributed by atoms with Crippen molar-refractivity contribution >= 4 is 5.84 Å². The maximum Gasteiger partial charge on any atom is 0.137 e. The van der Waals surface area contributed by atoms with Gasteiger partial charge in [0, 0.05) is 12.6 Å². The van der Waals surface area contributed by atoms with Crippen molar-refractivity contribution < 1.29 is 0 Å². The smallest absolute Gasteiger partial charge is 0.137 e. The summed E-state index contributed by atoms with van der Waals surface area (Å²) in [6.45, 7) is 4.30. The Kier molecular flexibility index (Phi) is 3.52. The minimum atomic E-state index is -0.404. The topological polar surface area (TPSA) is 27.6 Å². The van der Waals surface area contributed by atoms with Crippen molar-refractivity contribution in [3.63, 3.8) is 0 Å². The van der Waals surface area contributed by atoms with Crippen LogP contribution >= 0.6 is 0 Å². The van der Waals surface area contributed by atoms with E-state index in [9.17, 15) is 0 Å². The van der Waals surface area contributed by atoms with Crippen molar-refractivity contribution in [2.45, 2.75) is 25.7 Å². The molecule has 0 radical (unpaired) electrons. The van der Waals surface area contributed by atoms with Crippen LogP contribution in [0.15, 0.2) is 65.7 Å². The van der Waals surface area contributed by atoms with E-state index in [4.69, 9.17) is 4.99 Å². The van der Waals surface area contributed by atoms with E-state index in [0.717, 1.165) is 11.4 Å². The summed E-state index contributed by atoms with van der Waals surface area (Å²) in [6.07, 6.45) is 0.211. The number of nitrogens with one attached hydrogen (secondary N) is 1. The fourth-order valence-corrected chi connectivity index (χ4v) is 2.78. The molecule has 0 bridgehead atoms. The van der Waals surface area contributed by atoms with E-state index in [2.05, 4.69) is 79.6 Å². The summed E-state index contributed by atoms with van der Waals surface area (Å²) in [5.41, 5.74) is 1.92. The predicted molar refractivity (Wildman–Crippen MR) is 87.1 cm³/mol. The summed E-state index contributed by atoms with van der Waals surface area (Å²) < 4.78 is 0. The summed E-state index contributed by atoms with van der Waals surface area (Å²) in [6, 6.07) is 20.8. The van der Waals surface area contributed by atoms with Crippen LogP contribution in [0.4, 0.5) is 0 Å². The Labute approximate surface area is 126 Å². The molecule has 2 aromatic rings. The predicted octanol–water partition coefficient (Wildman–Crippen LogP) is 3.19. The van der Waals surface area contributed by atoms with Gasteiger partial charge in [0.25, 0.3) is 0 Å². The van der Waals surface area contributed by atoms with E-state index >= 15 is 0 Å². The van der Waals surface area contributed by atoms with Crippen LogP contribution in [0.2, 0.25) is 0 Å². The van der Waals surface area contributed by atoms with E-state index in [1.165, 1.54) is 5.56 Å². The third-order valence-electron chi connectivity index (χ3n) is 4.10. The van der Waals surface area contributed by atoms with Gasteiger partial charge in [0.2, 0.25) is 0 Å². The van der Waals surface area contributed by atoms with Gasteiger partial charge in [-0.15, -0.1) is 0 Å². The first kappa shape index (κ1) is 13.8. The zero-order chi connectivity index (χ0) is 14.9. The summed E-state index contributed by atoms with van der Waals surface area (Å²) in [5, 5.41) is 3.60. The molecule has 2 aromatic carbocycles. The van der Waals surface area contributed by atoms with Crippen LogP contribution in [-0.4, -0.2) is 23.9 Å². The zero-order valence-corrected chi connectivity index (χ0v) is 12.7. The van der Waals surface area contributed by atoms with Gasteiger partial charge in [-0.1, -0.05) is 60.7 Å². The Morgan fingerprint density at radius 1 is 1.00 bits per heavy atom. The van der Waals surface area contributed by atoms with Crippen LogP contribution < -0.4 is 5.32 Å². The molecule has 21 heavy (non-hydrogen) atoms. The normalized spacial score (nSPS) is 25.6. The first-order valence-corrected chi connectivity index (χ1v) is 7.31. The molecule has 0 spiro atoms. The van der Waals surface area contributed by atoms with Crippen LogP contribution in [-0.2, 0) is 5.66 Å². The monoisotopic (exact) mass is 279 g/mol. The minimum Gasteiger partial charge on any atom is -0.344 e. The fraction of sp³-hybridized carbons (Fsp3) is 0.278. The van der Waals surface area contributed by atoms with Crippen molar-refractivity contribution in [2.75, 3.05) is 7.05 Å². The molecular weight excluding hydrogens is 258 g/mol. The second-order valence-corrected chi connectivity index (χ2v) is 5.67. The van der Waals surface area contributed by atoms with Crippen molar-refractivity contribution in [3.05, 3.63) is 71.8 Å². The quantitative estimate of drug-likeness (QED) is 0.914. The molecule has 0 fully saturated rings. The van der Waals surface area contributed by atoms with Crippen LogP contribution in [0.1, 0.15) is 25.0 Å². The maximum atomic E-state index is 5.02.